The average molecular weight is 133 g/mol. The summed E-state index contributed by atoms with van der Waals surface area (Å²) in [5, 5.41) is 8.66. The van der Waals surface area contributed by atoms with Crippen molar-refractivity contribution in [2.45, 2.75) is 20.3 Å². The van der Waals surface area contributed by atoms with E-state index in [2.05, 4.69) is 25.1 Å². The number of hydrogen-bond acceptors (Lipinski definition) is 1. The minimum atomic E-state index is 0.130. The van der Waals surface area contributed by atoms with E-state index in [0.29, 0.717) is 0 Å². The van der Waals surface area contributed by atoms with Gasteiger partial charge in [0.1, 0.15) is 0 Å². The van der Waals surface area contributed by atoms with Crippen molar-refractivity contribution in [3.05, 3.63) is 23.3 Å². The Labute approximate surface area is 61.7 Å². The summed E-state index contributed by atoms with van der Waals surface area (Å²) < 4.78 is 0. The summed E-state index contributed by atoms with van der Waals surface area (Å²) in [7, 11) is 0. The molecule has 0 heterocycles. The van der Waals surface area contributed by atoms with Gasteiger partial charge in [0.05, 0.1) is 12.0 Å². The average Bonchev–Trinajstić information content (AvgIpc) is 1.95. The lowest BCUT2D eigenvalue weighted by Crippen LogP contribution is -2.02. The minimum Gasteiger partial charge on any atom is -0.198 e. The fourth-order valence-electron chi connectivity index (χ4n) is 1.11. The third-order valence-corrected chi connectivity index (χ3v) is 2.04. The highest BCUT2D eigenvalue weighted by molar-refractivity contribution is 5.31. The molecule has 1 heteroatoms. The molecule has 1 aliphatic carbocycles. The maximum atomic E-state index is 8.66. The zero-order valence-electron chi connectivity index (χ0n) is 6.39. The third-order valence-electron chi connectivity index (χ3n) is 2.04. The van der Waals surface area contributed by atoms with Gasteiger partial charge in [0.25, 0.3) is 0 Å². The van der Waals surface area contributed by atoms with Gasteiger partial charge >= 0.3 is 0 Å². The van der Waals surface area contributed by atoms with Gasteiger partial charge in [-0.2, -0.15) is 5.26 Å². The van der Waals surface area contributed by atoms with E-state index in [1.54, 1.807) is 0 Å². The van der Waals surface area contributed by atoms with E-state index in [0.717, 1.165) is 6.42 Å². The predicted octanol–water partition coefficient (Wildman–Crippen LogP) is 2.42. The number of hydrogen-bond donors (Lipinski definition) is 0. The molecule has 1 rings (SSSR count). The van der Waals surface area contributed by atoms with Crippen molar-refractivity contribution in [1.82, 2.24) is 0 Å². The van der Waals surface area contributed by atoms with Gasteiger partial charge in [-0.1, -0.05) is 23.3 Å². The first-order valence-corrected chi connectivity index (χ1v) is 3.49. The van der Waals surface area contributed by atoms with E-state index >= 15 is 0 Å². The first-order valence-electron chi connectivity index (χ1n) is 3.49. The van der Waals surface area contributed by atoms with Gasteiger partial charge in [0, 0.05) is 0 Å². The molecular formula is C9H11N. The van der Waals surface area contributed by atoms with Gasteiger partial charge in [-0.05, 0) is 20.3 Å². The Morgan fingerprint density at radius 2 is 2.30 bits per heavy atom. The molecule has 0 N–H and O–H groups in total. The van der Waals surface area contributed by atoms with Crippen LogP contribution in [0.1, 0.15) is 20.3 Å². The van der Waals surface area contributed by atoms with Gasteiger partial charge in [-0.25, -0.2) is 0 Å². The smallest absolute Gasteiger partial charge is 0.0710 e. The summed E-state index contributed by atoms with van der Waals surface area (Å²) in [5.74, 6) is 0.130. The van der Waals surface area contributed by atoms with Crippen molar-refractivity contribution in [3.63, 3.8) is 0 Å². The SMILES string of the molecule is CC1=C(C)C(C#N)CC=C1. The molecule has 1 nitrogen and oxygen atoms in total. The molecule has 0 aromatic rings. The summed E-state index contributed by atoms with van der Waals surface area (Å²) in [4.78, 5) is 0. The quantitative estimate of drug-likeness (QED) is 0.498. The maximum Gasteiger partial charge on any atom is 0.0710 e. The van der Waals surface area contributed by atoms with Gasteiger partial charge in [0.2, 0.25) is 0 Å². The van der Waals surface area contributed by atoms with Crippen molar-refractivity contribution in [2.75, 3.05) is 0 Å². The Balaban J connectivity index is 2.90. The van der Waals surface area contributed by atoms with Crippen LogP contribution in [0, 0.1) is 17.2 Å². The second-order valence-corrected chi connectivity index (χ2v) is 2.69. The van der Waals surface area contributed by atoms with Crippen LogP contribution in [0.2, 0.25) is 0 Å². The molecule has 0 fully saturated rings. The Bertz CT molecular complexity index is 228. The van der Waals surface area contributed by atoms with Gasteiger partial charge in [-0.15, -0.1) is 0 Å². The summed E-state index contributed by atoms with van der Waals surface area (Å²) in [5.41, 5.74) is 2.47. The number of rotatable bonds is 0. The summed E-state index contributed by atoms with van der Waals surface area (Å²) in [6, 6.07) is 2.27. The highest BCUT2D eigenvalue weighted by Crippen LogP contribution is 2.23. The van der Waals surface area contributed by atoms with Crippen molar-refractivity contribution in [1.29, 1.82) is 5.26 Å². The topological polar surface area (TPSA) is 23.8 Å². The number of nitrogens with zero attached hydrogens (tertiary/aromatic N) is 1. The molecule has 52 valence electrons. The van der Waals surface area contributed by atoms with E-state index in [1.165, 1.54) is 11.1 Å². The molecule has 0 saturated carbocycles. The largest absolute Gasteiger partial charge is 0.198 e. The Morgan fingerprint density at radius 3 is 2.80 bits per heavy atom. The lowest BCUT2D eigenvalue weighted by atomic mass is 9.90. The van der Waals surface area contributed by atoms with Gasteiger partial charge in [0.15, 0.2) is 0 Å². The van der Waals surface area contributed by atoms with Crippen LogP contribution in [0.15, 0.2) is 23.3 Å². The van der Waals surface area contributed by atoms with E-state index in [4.69, 9.17) is 5.26 Å². The van der Waals surface area contributed by atoms with Crippen LogP contribution in [0.5, 0.6) is 0 Å². The van der Waals surface area contributed by atoms with Crippen molar-refractivity contribution in [3.8, 4) is 6.07 Å². The Morgan fingerprint density at radius 1 is 1.60 bits per heavy atom. The maximum absolute atomic E-state index is 8.66. The summed E-state index contributed by atoms with van der Waals surface area (Å²) in [6.07, 6.45) is 5.04. The summed E-state index contributed by atoms with van der Waals surface area (Å²) in [6.45, 7) is 4.09. The van der Waals surface area contributed by atoms with Crippen LogP contribution in [0.3, 0.4) is 0 Å². The molecule has 0 radical (unpaired) electrons. The zero-order chi connectivity index (χ0) is 7.56. The minimum absolute atomic E-state index is 0.130. The normalized spacial score (nSPS) is 24.7. The molecule has 0 bridgehead atoms. The highest BCUT2D eigenvalue weighted by atomic mass is 14.3. The molecule has 0 aliphatic heterocycles. The van der Waals surface area contributed by atoms with E-state index in [1.807, 2.05) is 6.92 Å². The van der Waals surface area contributed by atoms with E-state index in [-0.39, 0.29) is 5.92 Å². The van der Waals surface area contributed by atoms with E-state index in [9.17, 15) is 0 Å². The van der Waals surface area contributed by atoms with Gasteiger partial charge < -0.3 is 0 Å². The Kier molecular flexibility index (Phi) is 1.91. The molecule has 0 aromatic heterocycles. The molecule has 1 aliphatic rings. The molecule has 1 unspecified atom stereocenters. The van der Waals surface area contributed by atoms with Crippen molar-refractivity contribution >= 4 is 0 Å². The molecule has 1 atom stereocenters. The Hall–Kier alpha value is -1.03. The van der Waals surface area contributed by atoms with Crippen LogP contribution in [0.25, 0.3) is 0 Å². The predicted molar refractivity (Wildman–Crippen MR) is 41.2 cm³/mol. The number of allylic oxidation sites excluding steroid dienone is 4. The molecule has 0 aromatic carbocycles. The molecular weight excluding hydrogens is 122 g/mol. The summed E-state index contributed by atoms with van der Waals surface area (Å²) >= 11 is 0. The fraction of sp³-hybridized carbons (Fsp3) is 0.444. The highest BCUT2D eigenvalue weighted by Gasteiger charge is 2.12. The van der Waals surface area contributed by atoms with E-state index < -0.39 is 0 Å². The lowest BCUT2D eigenvalue weighted by Gasteiger charge is -2.13. The molecule has 10 heavy (non-hydrogen) atoms. The second kappa shape index (κ2) is 2.70. The van der Waals surface area contributed by atoms with Crippen LogP contribution < -0.4 is 0 Å². The molecule has 0 saturated heterocycles. The van der Waals surface area contributed by atoms with Crippen LogP contribution in [-0.2, 0) is 0 Å². The van der Waals surface area contributed by atoms with Crippen molar-refractivity contribution in [2.24, 2.45) is 5.92 Å². The zero-order valence-corrected chi connectivity index (χ0v) is 6.39. The van der Waals surface area contributed by atoms with Gasteiger partial charge in [-0.3, -0.25) is 0 Å². The van der Waals surface area contributed by atoms with Crippen LogP contribution in [-0.4, -0.2) is 0 Å². The monoisotopic (exact) mass is 133 g/mol. The van der Waals surface area contributed by atoms with Crippen molar-refractivity contribution < 1.29 is 0 Å². The number of nitriles is 1. The van der Waals surface area contributed by atoms with Crippen LogP contribution >= 0.6 is 0 Å². The van der Waals surface area contributed by atoms with Crippen LogP contribution in [0.4, 0.5) is 0 Å². The fourth-order valence-corrected chi connectivity index (χ4v) is 1.11. The second-order valence-electron chi connectivity index (χ2n) is 2.69. The standard InChI is InChI=1S/C9H11N/c1-7-4-3-5-9(6-10)8(7)2/h3-4,9H,5H2,1-2H3. The lowest BCUT2D eigenvalue weighted by molar-refractivity contribution is 0.767. The third kappa shape index (κ3) is 1.11. The molecule has 0 spiro atoms. The molecule has 0 amide bonds. The first kappa shape index (κ1) is 7.08. The first-order chi connectivity index (χ1) is 4.75.